The van der Waals surface area contributed by atoms with Crippen LogP contribution < -0.4 is 5.56 Å². The van der Waals surface area contributed by atoms with E-state index in [1.54, 1.807) is 16.9 Å². The van der Waals surface area contributed by atoms with Gasteiger partial charge in [-0.3, -0.25) is 9.59 Å². The van der Waals surface area contributed by atoms with Gasteiger partial charge >= 0.3 is 0 Å². The summed E-state index contributed by atoms with van der Waals surface area (Å²) in [6, 6.07) is 7.22. The minimum absolute atomic E-state index is 0.0255. The van der Waals surface area contributed by atoms with Crippen molar-refractivity contribution in [1.82, 2.24) is 24.8 Å². The van der Waals surface area contributed by atoms with Gasteiger partial charge in [0.1, 0.15) is 12.1 Å². The number of pyridine rings is 1. The van der Waals surface area contributed by atoms with Crippen LogP contribution in [0.25, 0.3) is 16.8 Å². The second-order valence-electron chi connectivity index (χ2n) is 5.78. The van der Waals surface area contributed by atoms with Crippen molar-refractivity contribution >= 4 is 13.6 Å². The molecule has 3 aromatic rings. The largest absolute Gasteiger partial charge is 0.308 e. The molecule has 2 aromatic heterocycles. The fourth-order valence-corrected chi connectivity index (χ4v) is 2.68. The van der Waals surface area contributed by atoms with Crippen LogP contribution in [0.5, 0.6) is 0 Å². The number of nitrogens with zero attached hydrogens (tertiary/aromatic N) is 5. The van der Waals surface area contributed by atoms with E-state index in [-0.39, 0.29) is 24.2 Å². The number of hydrogen-bond acceptors (Lipinski definition) is 5. The predicted octanol–water partition coefficient (Wildman–Crippen LogP) is 1.26. The van der Waals surface area contributed by atoms with Crippen molar-refractivity contribution in [2.75, 3.05) is 0 Å². The van der Waals surface area contributed by atoms with E-state index >= 15 is 0 Å². The van der Waals surface area contributed by atoms with Crippen molar-refractivity contribution in [2.45, 2.75) is 26.7 Å². The minimum Gasteiger partial charge on any atom is -0.308 e. The average Bonchev–Trinajstić information content (AvgIpc) is 3.13. The summed E-state index contributed by atoms with van der Waals surface area (Å²) in [4.78, 5) is 23.9. The molecule has 8 heteroatoms. The van der Waals surface area contributed by atoms with Gasteiger partial charge in [0.2, 0.25) is 0 Å². The summed E-state index contributed by atoms with van der Waals surface area (Å²) in [7, 11) is 5.32. The van der Waals surface area contributed by atoms with Crippen molar-refractivity contribution in [2.24, 2.45) is 0 Å². The van der Waals surface area contributed by atoms with Gasteiger partial charge in [0.25, 0.3) is 5.56 Å². The molecule has 0 fully saturated rings. The van der Waals surface area contributed by atoms with Crippen molar-refractivity contribution in [3.8, 4) is 16.8 Å². The lowest BCUT2D eigenvalue weighted by atomic mass is 9.95. The summed E-state index contributed by atoms with van der Waals surface area (Å²) in [5, 5.41) is 11.3. The van der Waals surface area contributed by atoms with Gasteiger partial charge in [-0.25, -0.2) is 0 Å². The van der Waals surface area contributed by atoms with Crippen LogP contribution in [0, 0.1) is 13.8 Å². The van der Waals surface area contributed by atoms with Gasteiger partial charge in [0.15, 0.2) is 0 Å². The van der Waals surface area contributed by atoms with E-state index in [2.05, 4.69) is 15.5 Å². The normalized spacial score (nSPS) is 10.8. The molecule has 0 amide bonds. The highest BCUT2D eigenvalue weighted by molar-refractivity contribution is 6.20. The molecule has 2 heterocycles. The predicted molar refractivity (Wildman–Crippen MR) is 93.9 cm³/mol. The van der Waals surface area contributed by atoms with Crippen LogP contribution in [0.2, 0.25) is 6.32 Å². The van der Waals surface area contributed by atoms with Crippen molar-refractivity contribution < 1.29 is 4.79 Å². The quantitative estimate of drug-likeness (QED) is 0.657. The van der Waals surface area contributed by atoms with Crippen LogP contribution in [-0.2, 0) is 11.3 Å². The summed E-state index contributed by atoms with van der Waals surface area (Å²) in [6.45, 7) is 3.97. The van der Waals surface area contributed by atoms with E-state index in [4.69, 9.17) is 7.85 Å². The number of ketones is 1. The summed E-state index contributed by atoms with van der Waals surface area (Å²) in [6.07, 6.45) is 3.03. The molecule has 0 N–H and O–H groups in total. The number of aryl methyl sites for hydroxylation is 1. The van der Waals surface area contributed by atoms with Crippen LogP contribution in [0.1, 0.15) is 11.1 Å². The van der Waals surface area contributed by atoms with Gasteiger partial charge in [0.05, 0.1) is 20.1 Å². The van der Waals surface area contributed by atoms with Crippen molar-refractivity contribution in [1.29, 1.82) is 0 Å². The molecule has 0 spiro atoms. The molecular formula is C17H16BN5O2. The number of benzene rings is 1. The fraction of sp³-hybridized carbons (Fsp3) is 0.235. The third-order valence-electron chi connectivity index (χ3n) is 4.17. The first-order valence-corrected chi connectivity index (χ1v) is 7.77. The Morgan fingerprint density at radius 3 is 2.68 bits per heavy atom. The molecule has 124 valence electrons. The van der Waals surface area contributed by atoms with E-state index < -0.39 is 0 Å². The summed E-state index contributed by atoms with van der Waals surface area (Å²) < 4.78 is 2.91. The van der Waals surface area contributed by atoms with Crippen LogP contribution in [0.3, 0.4) is 0 Å². The Labute approximate surface area is 145 Å². The zero-order chi connectivity index (χ0) is 18.0. The summed E-state index contributed by atoms with van der Waals surface area (Å²) in [5.41, 5.74) is 4.26. The van der Waals surface area contributed by atoms with E-state index in [0.29, 0.717) is 0 Å². The van der Waals surface area contributed by atoms with Gasteiger partial charge in [-0.1, -0.05) is 6.07 Å². The number of rotatable bonds is 5. The minimum atomic E-state index is -0.261. The molecule has 0 aliphatic rings. The molecule has 0 atom stereocenters. The Balaban J connectivity index is 2.14. The SMILES string of the molecule is [B]CC(=O)Cn1ccc(-c2c(-n3cnnn3)ccc(C)c2C)cc1=O. The zero-order valence-electron chi connectivity index (χ0n) is 14.0. The number of carbonyl (C=O) groups excluding carboxylic acids is 1. The maximum atomic E-state index is 12.4. The smallest absolute Gasteiger partial charge is 0.251 e. The first-order chi connectivity index (χ1) is 12.0. The van der Waals surface area contributed by atoms with E-state index in [1.165, 1.54) is 17.0 Å². The lowest BCUT2D eigenvalue weighted by molar-refractivity contribution is -0.117. The molecule has 2 radical (unpaired) electrons. The van der Waals surface area contributed by atoms with Gasteiger partial charge in [-0.15, -0.1) is 5.10 Å². The van der Waals surface area contributed by atoms with Crippen LogP contribution in [0.4, 0.5) is 0 Å². The molecule has 0 bridgehead atoms. The third kappa shape index (κ3) is 3.28. The number of aromatic nitrogens is 5. The molecular weight excluding hydrogens is 317 g/mol. The molecule has 0 aliphatic carbocycles. The molecule has 0 aliphatic heterocycles. The van der Waals surface area contributed by atoms with Crippen molar-refractivity contribution in [3.63, 3.8) is 0 Å². The second kappa shape index (κ2) is 6.84. The Kier molecular flexibility index (Phi) is 4.60. The fourth-order valence-electron chi connectivity index (χ4n) is 2.68. The van der Waals surface area contributed by atoms with Crippen LogP contribution in [0.15, 0.2) is 41.6 Å². The Hall–Kier alpha value is -3.03. The molecule has 1 aromatic carbocycles. The maximum absolute atomic E-state index is 12.4. The van der Waals surface area contributed by atoms with E-state index in [9.17, 15) is 9.59 Å². The molecule has 3 rings (SSSR count). The average molecular weight is 333 g/mol. The molecule has 0 unspecified atom stereocenters. The van der Waals surface area contributed by atoms with Gasteiger partial charge in [-0.2, -0.15) is 4.68 Å². The standard InChI is InChI=1S/C17H16BN5O2/c1-11-3-4-15(23-10-19-20-21-23)17(12(11)2)13-5-6-22(16(25)7-13)9-14(24)8-18/h3-7,10H,8-9H2,1-2H3. The monoisotopic (exact) mass is 333 g/mol. The van der Waals surface area contributed by atoms with Gasteiger partial charge in [-0.05, 0) is 59.4 Å². The van der Waals surface area contributed by atoms with E-state index in [1.807, 2.05) is 26.0 Å². The van der Waals surface area contributed by atoms with Gasteiger partial charge < -0.3 is 4.57 Å². The Morgan fingerprint density at radius 1 is 1.24 bits per heavy atom. The highest BCUT2D eigenvalue weighted by Gasteiger charge is 2.14. The second-order valence-corrected chi connectivity index (χ2v) is 5.78. The van der Waals surface area contributed by atoms with Crippen LogP contribution in [-0.4, -0.2) is 38.4 Å². The number of tetrazole rings is 1. The maximum Gasteiger partial charge on any atom is 0.251 e. The van der Waals surface area contributed by atoms with E-state index in [0.717, 1.165) is 27.9 Å². The zero-order valence-corrected chi connectivity index (χ0v) is 14.0. The number of carbonyl (C=O) groups is 1. The lowest BCUT2D eigenvalue weighted by Crippen LogP contribution is -2.23. The molecule has 0 saturated heterocycles. The highest BCUT2D eigenvalue weighted by atomic mass is 16.1. The molecule has 25 heavy (non-hydrogen) atoms. The Bertz CT molecular complexity index is 979. The van der Waals surface area contributed by atoms with Gasteiger partial charge in [0, 0.05) is 17.8 Å². The van der Waals surface area contributed by atoms with Crippen molar-refractivity contribution in [3.05, 3.63) is 58.3 Å². The highest BCUT2D eigenvalue weighted by Crippen LogP contribution is 2.30. The number of Topliss-reactive ketones (excluding diaryl/α,β-unsaturated/α-hetero) is 1. The Morgan fingerprint density at radius 2 is 2.04 bits per heavy atom. The first-order valence-electron chi connectivity index (χ1n) is 7.77. The van der Waals surface area contributed by atoms with Crippen LogP contribution >= 0.6 is 0 Å². The lowest BCUT2D eigenvalue weighted by Gasteiger charge is -2.15. The summed E-state index contributed by atoms with van der Waals surface area (Å²) in [5.74, 6) is -0.198. The number of hydrogen-bond donors (Lipinski definition) is 0. The topological polar surface area (TPSA) is 82.7 Å². The first kappa shape index (κ1) is 16.8. The molecule has 0 saturated carbocycles. The summed E-state index contributed by atoms with van der Waals surface area (Å²) >= 11 is 0. The third-order valence-corrected chi connectivity index (χ3v) is 4.17. The molecule has 7 nitrogen and oxygen atoms in total.